The second kappa shape index (κ2) is 3.36. The van der Waals surface area contributed by atoms with Crippen LogP contribution in [0.5, 0.6) is 0 Å². The van der Waals surface area contributed by atoms with Gasteiger partial charge >= 0.3 is 0 Å². The zero-order chi connectivity index (χ0) is 6.62. The fraction of sp³-hybridized carbons (Fsp3) is 1.00. The molecule has 50 valence electrons. The Bertz CT molecular complexity index is 56.0. The van der Waals surface area contributed by atoms with E-state index in [9.17, 15) is 0 Å². The van der Waals surface area contributed by atoms with Gasteiger partial charge in [-0.2, -0.15) is 0 Å². The van der Waals surface area contributed by atoms with Gasteiger partial charge in [0.25, 0.3) is 0 Å². The Morgan fingerprint density at radius 1 is 1.38 bits per heavy atom. The summed E-state index contributed by atoms with van der Waals surface area (Å²) in [6.45, 7) is 7.65. The zero-order valence-electron chi connectivity index (χ0n) is 5.86. The lowest BCUT2D eigenvalue weighted by Gasteiger charge is -2.16. The zero-order valence-corrected chi connectivity index (χ0v) is 6.76. The summed E-state index contributed by atoms with van der Waals surface area (Å²) in [6.07, 6.45) is 1.18. The molecule has 0 aliphatic heterocycles. The van der Waals surface area contributed by atoms with E-state index in [-0.39, 0.29) is 0 Å². The van der Waals surface area contributed by atoms with Gasteiger partial charge in [-0.3, -0.25) is 4.72 Å². The van der Waals surface area contributed by atoms with Gasteiger partial charge in [0, 0.05) is 6.54 Å². The van der Waals surface area contributed by atoms with Crippen molar-refractivity contribution < 1.29 is 0 Å². The van der Waals surface area contributed by atoms with Crippen molar-refractivity contribution in [3.63, 3.8) is 0 Å². The van der Waals surface area contributed by atoms with Crippen molar-refractivity contribution in [2.45, 2.75) is 27.2 Å². The van der Waals surface area contributed by atoms with Crippen molar-refractivity contribution in [3.8, 4) is 0 Å². The van der Waals surface area contributed by atoms with E-state index in [0.717, 1.165) is 6.54 Å². The Morgan fingerprint density at radius 3 is 2.00 bits per heavy atom. The van der Waals surface area contributed by atoms with E-state index in [1.54, 1.807) is 0 Å². The van der Waals surface area contributed by atoms with E-state index >= 15 is 0 Å². The first kappa shape index (κ1) is 8.31. The third kappa shape index (κ3) is 6.31. The molecule has 0 unspecified atom stereocenters. The largest absolute Gasteiger partial charge is 0.267 e. The number of rotatable bonds is 2. The molecule has 0 saturated carbocycles. The van der Waals surface area contributed by atoms with Crippen LogP contribution in [0.15, 0.2) is 0 Å². The molecule has 1 nitrogen and oxygen atoms in total. The van der Waals surface area contributed by atoms with Gasteiger partial charge in [-0.1, -0.05) is 33.6 Å². The van der Waals surface area contributed by atoms with Crippen LogP contribution in [0.1, 0.15) is 27.2 Å². The third-order valence-electron chi connectivity index (χ3n) is 0.987. The van der Waals surface area contributed by atoms with E-state index in [2.05, 4.69) is 38.3 Å². The first-order valence-electron chi connectivity index (χ1n) is 2.93. The van der Waals surface area contributed by atoms with Gasteiger partial charge < -0.3 is 0 Å². The molecule has 0 saturated heterocycles. The molecule has 2 heteroatoms. The third-order valence-corrected chi connectivity index (χ3v) is 1.21. The highest BCUT2D eigenvalue weighted by Gasteiger charge is 2.07. The minimum absolute atomic E-state index is 0.440. The SMILES string of the molecule is CC(C)(C)CCNS. The van der Waals surface area contributed by atoms with Gasteiger partial charge in [0.1, 0.15) is 0 Å². The average molecular weight is 133 g/mol. The number of hydrogen-bond acceptors (Lipinski definition) is 2. The average Bonchev–Trinajstić information content (AvgIpc) is 1.59. The molecule has 0 aromatic rings. The summed E-state index contributed by atoms with van der Waals surface area (Å²) >= 11 is 3.88. The molecule has 0 bridgehead atoms. The Labute approximate surface area is 57.4 Å². The number of hydrogen-bond donors (Lipinski definition) is 2. The molecule has 0 amide bonds. The highest BCUT2D eigenvalue weighted by molar-refractivity contribution is 7.78. The fourth-order valence-corrected chi connectivity index (χ4v) is 0.543. The smallest absolute Gasteiger partial charge is 0.00611 e. The molecule has 0 aliphatic carbocycles. The maximum absolute atomic E-state index is 3.88. The van der Waals surface area contributed by atoms with Crippen LogP contribution in [0, 0.1) is 5.41 Å². The molecular formula is C6H15NS. The van der Waals surface area contributed by atoms with Crippen LogP contribution in [0.3, 0.4) is 0 Å². The van der Waals surface area contributed by atoms with Crippen LogP contribution in [-0.4, -0.2) is 6.54 Å². The number of thiol groups is 1. The minimum Gasteiger partial charge on any atom is -0.267 e. The standard InChI is InChI=1S/C6H15NS/c1-6(2,3)4-5-7-8/h7-8H,4-5H2,1-3H3. The second-order valence-electron chi connectivity index (χ2n) is 3.22. The summed E-state index contributed by atoms with van der Waals surface area (Å²) in [7, 11) is 0. The van der Waals surface area contributed by atoms with Crippen molar-refractivity contribution in [2.24, 2.45) is 5.41 Å². The van der Waals surface area contributed by atoms with Gasteiger partial charge in [0.15, 0.2) is 0 Å². The second-order valence-corrected chi connectivity index (χ2v) is 3.54. The first-order chi connectivity index (χ1) is 3.56. The summed E-state index contributed by atoms with van der Waals surface area (Å²) in [6, 6.07) is 0. The predicted octanol–water partition coefficient (Wildman–Crippen LogP) is 1.86. The topological polar surface area (TPSA) is 12.0 Å². The minimum atomic E-state index is 0.440. The van der Waals surface area contributed by atoms with Crippen molar-refractivity contribution >= 4 is 12.8 Å². The van der Waals surface area contributed by atoms with Crippen molar-refractivity contribution in [2.75, 3.05) is 6.54 Å². The molecule has 0 rings (SSSR count). The van der Waals surface area contributed by atoms with Crippen LogP contribution in [0.2, 0.25) is 0 Å². The molecule has 0 atom stereocenters. The van der Waals surface area contributed by atoms with Crippen LogP contribution >= 0.6 is 12.8 Å². The Kier molecular flexibility index (Phi) is 3.49. The van der Waals surface area contributed by atoms with Gasteiger partial charge in [-0.05, 0) is 11.8 Å². The lowest BCUT2D eigenvalue weighted by Crippen LogP contribution is -2.12. The van der Waals surface area contributed by atoms with Crippen LogP contribution in [0.4, 0.5) is 0 Å². The Hall–Kier alpha value is 0.310. The van der Waals surface area contributed by atoms with E-state index in [4.69, 9.17) is 0 Å². The molecule has 0 fully saturated rings. The monoisotopic (exact) mass is 133 g/mol. The summed E-state index contributed by atoms with van der Waals surface area (Å²) in [5, 5.41) is 0. The maximum Gasteiger partial charge on any atom is 0.00611 e. The lowest BCUT2D eigenvalue weighted by atomic mass is 9.93. The summed E-state index contributed by atoms with van der Waals surface area (Å²) < 4.78 is 2.82. The highest BCUT2D eigenvalue weighted by atomic mass is 32.1. The summed E-state index contributed by atoms with van der Waals surface area (Å²) in [5.41, 5.74) is 0.440. The van der Waals surface area contributed by atoms with Gasteiger partial charge in [0.2, 0.25) is 0 Å². The van der Waals surface area contributed by atoms with E-state index in [1.165, 1.54) is 6.42 Å². The van der Waals surface area contributed by atoms with E-state index in [0.29, 0.717) is 5.41 Å². The first-order valence-corrected chi connectivity index (χ1v) is 3.38. The molecular weight excluding hydrogens is 118 g/mol. The highest BCUT2D eigenvalue weighted by Crippen LogP contribution is 2.16. The fourth-order valence-electron chi connectivity index (χ4n) is 0.431. The van der Waals surface area contributed by atoms with Gasteiger partial charge in [-0.15, -0.1) is 0 Å². The van der Waals surface area contributed by atoms with Gasteiger partial charge in [0.05, 0.1) is 0 Å². The van der Waals surface area contributed by atoms with Crippen LogP contribution in [0.25, 0.3) is 0 Å². The quantitative estimate of drug-likeness (QED) is 0.548. The molecule has 0 spiro atoms. The Morgan fingerprint density at radius 2 is 1.88 bits per heavy atom. The van der Waals surface area contributed by atoms with Crippen molar-refractivity contribution in [1.82, 2.24) is 4.72 Å². The van der Waals surface area contributed by atoms with Gasteiger partial charge in [-0.25, -0.2) is 0 Å². The van der Waals surface area contributed by atoms with Crippen molar-refractivity contribution in [3.05, 3.63) is 0 Å². The predicted molar refractivity (Wildman–Crippen MR) is 41.1 cm³/mol. The maximum atomic E-state index is 3.88. The molecule has 0 aromatic heterocycles. The summed E-state index contributed by atoms with van der Waals surface area (Å²) in [4.78, 5) is 0. The summed E-state index contributed by atoms with van der Waals surface area (Å²) in [5.74, 6) is 0. The molecule has 1 N–H and O–H groups in total. The number of nitrogens with one attached hydrogen (secondary N) is 1. The molecule has 0 heterocycles. The molecule has 0 radical (unpaired) electrons. The lowest BCUT2D eigenvalue weighted by molar-refractivity contribution is 0.381. The molecule has 0 aromatic carbocycles. The molecule has 8 heavy (non-hydrogen) atoms. The van der Waals surface area contributed by atoms with Crippen LogP contribution in [-0.2, 0) is 0 Å². The van der Waals surface area contributed by atoms with E-state index in [1.807, 2.05) is 0 Å². The normalized spacial score (nSPS) is 12.0. The molecule has 0 aliphatic rings. The van der Waals surface area contributed by atoms with Crippen molar-refractivity contribution in [1.29, 1.82) is 0 Å². The van der Waals surface area contributed by atoms with E-state index < -0.39 is 0 Å². The van der Waals surface area contributed by atoms with Crippen LogP contribution < -0.4 is 4.72 Å². The Balaban J connectivity index is 3.11.